The summed E-state index contributed by atoms with van der Waals surface area (Å²) >= 11 is 3.45. The van der Waals surface area contributed by atoms with Crippen LogP contribution in [0.15, 0.2) is 47.1 Å². The molecule has 0 radical (unpaired) electrons. The second kappa shape index (κ2) is 4.89. The summed E-state index contributed by atoms with van der Waals surface area (Å²) in [6, 6.07) is 11.5. The zero-order valence-electron chi connectivity index (χ0n) is 10.2. The molecule has 0 aliphatic heterocycles. The SMILES string of the molecule is COc1cccc(Nc2nc3c(Br)cccn3n2)c1. The van der Waals surface area contributed by atoms with E-state index in [9.17, 15) is 0 Å². The van der Waals surface area contributed by atoms with Crippen LogP contribution in [0.3, 0.4) is 0 Å². The van der Waals surface area contributed by atoms with Crippen molar-refractivity contribution < 1.29 is 4.74 Å². The Morgan fingerprint density at radius 3 is 2.95 bits per heavy atom. The van der Waals surface area contributed by atoms with E-state index in [2.05, 4.69) is 31.3 Å². The molecular formula is C13H11BrN4O. The molecule has 2 aromatic heterocycles. The topological polar surface area (TPSA) is 51.5 Å². The lowest BCUT2D eigenvalue weighted by Gasteiger charge is -2.03. The minimum absolute atomic E-state index is 0.542. The first-order chi connectivity index (χ1) is 9.26. The van der Waals surface area contributed by atoms with Crippen LogP contribution in [0.2, 0.25) is 0 Å². The van der Waals surface area contributed by atoms with E-state index in [1.807, 2.05) is 42.6 Å². The lowest BCUT2D eigenvalue weighted by Crippen LogP contribution is -1.93. The van der Waals surface area contributed by atoms with E-state index in [0.29, 0.717) is 5.95 Å². The van der Waals surface area contributed by atoms with Crippen molar-refractivity contribution in [3.63, 3.8) is 0 Å². The Kier molecular flexibility index (Phi) is 3.08. The van der Waals surface area contributed by atoms with Gasteiger partial charge in [-0.2, -0.15) is 4.98 Å². The molecule has 0 aliphatic rings. The first-order valence-electron chi connectivity index (χ1n) is 5.68. The number of aromatic nitrogens is 3. The smallest absolute Gasteiger partial charge is 0.247 e. The summed E-state index contributed by atoms with van der Waals surface area (Å²) in [6.45, 7) is 0. The fourth-order valence-corrected chi connectivity index (χ4v) is 2.18. The number of pyridine rings is 1. The van der Waals surface area contributed by atoms with Crippen molar-refractivity contribution in [2.24, 2.45) is 0 Å². The largest absolute Gasteiger partial charge is 0.497 e. The number of fused-ring (bicyclic) bond motifs is 1. The van der Waals surface area contributed by atoms with Gasteiger partial charge in [0, 0.05) is 18.0 Å². The molecule has 0 saturated carbocycles. The number of benzene rings is 1. The van der Waals surface area contributed by atoms with Crippen LogP contribution >= 0.6 is 15.9 Å². The maximum atomic E-state index is 5.18. The predicted molar refractivity (Wildman–Crippen MR) is 77.0 cm³/mol. The molecule has 0 spiro atoms. The highest BCUT2D eigenvalue weighted by molar-refractivity contribution is 9.10. The van der Waals surface area contributed by atoms with Crippen LogP contribution in [-0.2, 0) is 0 Å². The van der Waals surface area contributed by atoms with E-state index in [-0.39, 0.29) is 0 Å². The summed E-state index contributed by atoms with van der Waals surface area (Å²) in [6.07, 6.45) is 1.85. The van der Waals surface area contributed by atoms with E-state index < -0.39 is 0 Å². The summed E-state index contributed by atoms with van der Waals surface area (Å²) < 4.78 is 7.80. The zero-order chi connectivity index (χ0) is 13.2. The minimum atomic E-state index is 0.542. The molecule has 0 bridgehead atoms. The van der Waals surface area contributed by atoms with Gasteiger partial charge in [0.2, 0.25) is 5.95 Å². The van der Waals surface area contributed by atoms with Gasteiger partial charge in [-0.25, -0.2) is 4.52 Å². The Morgan fingerprint density at radius 1 is 1.26 bits per heavy atom. The highest BCUT2D eigenvalue weighted by Gasteiger charge is 2.06. The number of hydrogen-bond donors (Lipinski definition) is 1. The van der Waals surface area contributed by atoms with Gasteiger partial charge in [-0.05, 0) is 40.2 Å². The number of nitrogens with zero attached hydrogens (tertiary/aromatic N) is 3. The summed E-state index contributed by atoms with van der Waals surface area (Å²) in [5.41, 5.74) is 1.65. The van der Waals surface area contributed by atoms with Crippen LogP contribution in [0.4, 0.5) is 11.6 Å². The van der Waals surface area contributed by atoms with E-state index >= 15 is 0 Å². The molecule has 0 amide bonds. The van der Waals surface area contributed by atoms with Gasteiger partial charge in [-0.15, -0.1) is 5.10 Å². The Balaban J connectivity index is 1.94. The highest BCUT2D eigenvalue weighted by Crippen LogP contribution is 2.21. The maximum Gasteiger partial charge on any atom is 0.247 e. The monoisotopic (exact) mass is 318 g/mol. The molecule has 0 aliphatic carbocycles. The second-order valence-corrected chi connectivity index (χ2v) is 4.77. The van der Waals surface area contributed by atoms with Crippen molar-refractivity contribution in [1.29, 1.82) is 0 Å². The van der Waals surface area contributed by atoms with Gasteiger partial charge in [0.25, 0.3) is 0 Å². The van der Waals surface area contributed by atoms with Gasteiger partial charge < -0.3 is 10.1 Å². The summed E-state index contributed by atoms with van der Waals surface area (Å²) in [7, 11) is 1.64. The Morgan fingerprint density at radius 2 is 2.16 bits per heavy atom. The Bertz CT molecular complexity index is 725. The molecule has 19 heavy (non-hydrogen) atoms. The van der Waals surface area contributed by atoms with Gasteiger partial charge >= 0.3 is 0 Å². The number of halogens is 1. The number of nitrogens with one attached hydrogen (secondary N) is 1. The predicted octanol–water partition coefficient (Wildman–Crippen LogP) is 3.24. The number of ether oxygens (including phenoxy) is 1. The van der Waals surface area contributed by atoms with Gasteiger partial charge in [-0.3, -0.25) is 0 Å². The summed E-state index contributed by atoms with van der Waals surface area (Å²) in [5, 5.41) is 7.50. The first kappa shape index (κ1) is 12.0. The molecule has 0 saturated heterocycles. The van der Waals surface area contributed by atoms with Gasteiger partial charge in [0.15, 0.2) is 5.65 Å². The minimum Gasteiger partial charge on any atom is -0.497 e. The third-order valence-corrected chi connectivity index (χ3v) is 3.26. The van der Waals surface area contributed by atoms with Crippen LogP contribution < -0.4 is 10.1 Å². The average molecular weight is 319 g/mol. The second-order valence-electron chi connectivity index (χ2n) is 3.92. The van der Waals surface area contributed by atoms with Crippen molar-refractivity contribution in [3.8, 4) is 5.75 Å². The van der Waals surface area contributed by atoms with Crippen LogP contribution in [0.5, 0.6) is 5.75 Å². The highest BCUT2D eigenvalue weighted by atomic mass is 79.9. The van der Waals surface area contributed by atoms with Crippen LogP contribution in [-0.4, -0.2) is 21.7 Å². The molecular weight excluding hydrogens is 308 g/mol. The maximum absolute atomic E-state index is 5.18. The first-order valence-corrected chi connectivity index (χ1v) is 6.47. The molecule has 0 atom stereocenters. The lowest BCUT2D eigenvalue weighted by molar-refractivity contribution is 0.415. The van der Waals surface area contributed by atoms with E-state index in [1.54, 1.807) is 11.6 Å². The van der Waals surface area contributed by atoms with Gasteiger partial charge in [0.05, 0.1) is 11.6 Å². The molecule has 0 fully saturated rings. The fourth-order valence-electron chi connectivity index (χ4n) is 1.76. The lowest BCUT2D eigenvalue weighted by atomic mass is 10.3. The molecule has 5 nitrogen and oxygen atoms in total. The third-order valence-electron chi connectivity index (χ3n) is 2.64. The average Bonchev–Trinajstić information content (AvgIpc) is 2.83. The summed E-state index contributed by atoms with van der Waals surface area (Å²) in [4.78, 5) is 4.42. The number of rotatable bonds is 3. The Labute approximate surface area is 118 Å². The molecule has 3 rings (SSSR count). The number of hydrogen-bond acceptors (Lipinski definition) is 4. The molecule has 0 unspecified atom stereocenters. The van der Waals surface area contributed by atoms with Crippen molar-refractivity contribution in [3.05, 3.63) is 47.1 Å². The number of anilines is 2. The van der Waals surface area contributed by atoms with Crippen molar-refractivity contribution >= 4 is 33.2 Å². The third kappa shape index (κ3) is 2.39. The van der Waals surface area contributed by atoms with Crippen LogP contribution in [0.25, 0.3) is 5.65 Å². The standard InChI is InChI=1S/C13H11BrN4O/c1-19-10-5-2-4-9(8-10)15-13-16-12-11(14)6-3-7-18(12)17-13/h2-8H,1H3,(H,15,17). The molecule has 3 aromatic rings. The van der Waals surface area contributed by atoms with Crippen molar-refractivity contribution in [2.75, 3.05) is 12.4 Å². The fraction of sp³-hybridized carbons (Fsp3) is 0.0769. The molecule has 96 valence electrons. The Hall–Kier alpha value is -2.08. The van der Waals surface area contributed by atoms with Crippen molar-refractivity contribution in [2.45, 2.75) is 0 Å². The molecule has 2 heterocycles. The van der Waals surface area contributed by atoms with E-state index in [0.717, 1.165) is 21.6 Å². The van der Waals surface area contributed by atoms with Crippen molar-refractivity contribution in [1.82, 2.24) is 14.6 Å². The van der Waals surface area contributed by atoms with Crippen LogP contribution in [0, 0.1) is 0 Å². The molecule has 1 N–H and O–H groups in total. The molecule has 6 heteroatoms. The summed E-state index contributed by atoms with van der Waals surface area (Å²) in [5.74, 6) is 1.33. The normalized spacial score (nSPS) is 10.6. The number of methoxy groups -OCH3 is 1. The van der Waals surface area contributed by atoms with E-state index in [4.69, 9.17) is 4.74 Å². The zero-order valence-corrected chi connectivity index (χ0v) is 11.8. The quantitative estimate of drug-likeness (QED) is 0.805. The van der Waals surface area contributed by atoms with Gasteiger partial charge in [-0.1, -0.05) is 6.07 Å². The van der Waals surface area contributed by atoms with Crippen LogP contribution in [0.1, 0.15) is 0 Å². The molecule has 1 aromatic carbocycles. The van der Waals surface area contributed by atoms with E-state index in [1.165, 1.54) is 0 Å². The van der Waals surface area contributed by atoms with Gasteiger partial charge in [0.1, 0.15) is 5.75 Å².